The fraction of sp³-hybridized carbons (Fsp3) is 0.778. The monoisotopic (exact) mass is 180 g/mol. The van der Waals surface area contributed by atoms with Gasteiger partial charge in [-0.3, -0.25) is 5.10 Å². The van der Waals surface area contributed by atoms with Crippen molar-refractivity contribution in [3.8, 4) is 0 Å². The van der Waals surface area contributed by atoms with Gasteiger partial charge in [0.2, 0.25) is 5.95 Å². The molecule has 2 rings (SSSR count). The highest BCUT2D eigenvalue weighted by Crippen LogP contribution is 2.38. The Hall–Kier alpha value is -1.06. The summed E-state index contributed by atoms with van der Waals surface area (Å²) in [6.07, 6.45) is 3.61. The summed E-state index contributed by atoms with van der Waals surface area (Å²) < 4.78 is 0. The lowest BCUT2D eigenvalue weighted by Crippen LogP contribution is -2.14. The maximum atomic E-state index is 4.38. The van der Waals surface area contributed by atoms with Crippen molar-refractivity contribution >= 4 is 5.95 Å². The molecule has 1 fully saturated rings. The third-order valence-electron chi connectivity index (χ3n) is 2.45. The molecule has 1 aliphatic rings. The van der Waals surface area contributed by atoms with Crippen molar-refractivity contribution in [1.82, 2.24) is 15.2 Å². The molecular formula is C9H16N4. The topological polar surface area (TPSA) is 53.6 Å². The number of aromatic nitrogens is 3. The molecule has 1 aliphatic carbocycles. The minimum absolute atomic E-state index is 0.447. The molecular weight excluding hydrogens is 164 g/mol. The van der Waals surface area contributed by atoms with E-state index in [2.05, 4.69) is 34.3 Å². The predicted molar refractivity (Wildman–Crippen MR) is 51.7 cm³/mol. The van der Waals surface area contributed by atoms with Crippen LogP contribution in [0.5, 0.6) is 0 Å². The Labute approximate surface area is 78.1 Å². The lowest BCUT2D eigenvalue weighted by atomic mass is 10.3. The lowest BCUT2D eigenvalue weighted by Gasteiger charge is -2.07. The molecule has 72 valence electrons. The first-order valence-electron chi connectivity index (χ1n) is 4.98. The first-order chi connectivity index (χ1) is 6.29. The van der Waals surface area contributed by atoms with Crippen molar-refractivity contribution in [2.45, 2.75) is 45.1 Å². The maximum absolute atomic E-state index is 4.38. The molecule has 1 saturated carbocycles. The van der Waals surface area contributed by atoms with Crippen LogP contribution >= 0.6 is 0 Å². The second kappa shape index (κ2) is 3.36. The molecule has 13 heavy (non-hydrogen) atoms. The maximum Gasteiger partial charge on any atom is 0.242 e. The van der Waals surface area contributed by atoms with Gasteiger partial charge >= 0.3 is 0 Å². The van der Waals surface area contributed by atoms with E-state index in [-0.39, 0.29) is 0 Å². The van der Waals surface area contributed by atoms with Crippen molar-refractivity contribution in [1.29, 1.82) is 0 Å². The summed E-state index contributed by atoms with van der Waals surface area (Å²) >= 11 is 0. The van der Waals surface area contributed by atoms with Gasteiger partial charge in [-0.05, 0) is 26.2 Å². The van der Waals surface area contributed by atoms with Gasteiger partial charge in [-0.2, -0.15) is 4.98 Å². The van der Waals surface area contributed by atoms with Gasteiger partial charge in [-0.15, -0.1) is 5.10 Å². The van der Waals surface area contributed by atoms with Crippen molar-refractivity contribution in [2.24, 2.45) is 0 Å². The van der Waals surface area contributed by atoms with Gasteiger partial charge in [0.25, 0.3) is 0 Å². The molecule has 2 N–H and O–H groups in total. The molecule has 4 heteroatoms. The molecule has 0 radical (unpaired) electrons. The standard InChI is InChI=1S/C9H16N4/c1-3-6(2)10-9-11-8(12-13-9)7-4-5-7/h6-7H,3-5H2,1-2H3,(H2,10,11,12,13). The number of aromatic amines is 1. The average molecular weight is 180 g/mol. The minimum Gasteiger partial charge on any atom is -0.350 e. The van der Waals surface area contributed by atoms with E-state index in [1.54, 1.807) is 0 Å². The number of anilines is 1. The zero-order valence-corrected chi connectivity index (χ0v) is 8.17. The van der Waals surface area contributed by atoms with Gasteiger partial charge in [-0.1, -0.05) is 6.92 Å². The average Bonchev–Trinajstić information content (AvgIpc) is 2.88. The normalized spacial score (nSPS) is 18.6. The zero-order chi connectivity index (χ0) is 9.26. The summed E-state index contributed by atoms with van der Waals surface area (Å²) in [6.45, 7) is 4.28. The van der Waals surface area contributed by atoms with Crippen molar-refractivity contribution in [3.63, 3.8) is 0 Å². The van der Waals surface area contributed by atoms with Crippen LogP contribution in [0.25, 0.3) is 0 Å². The van der Waals surface area contributed by atoms with E-state index in [1.165, 1.54) is 12.8 Å². The molecule has 1 aromatic heterocycles. The van der Waals surface area contributed by atoms with Crippen LogP contribution in [-0.2, 0) is 0 Å². The number of rotatable bonds is 4. The summed E-state index contributed by atoms with van der Waals surface area (Å²) in [5.74, 6) is 2.45. The number of hydrogen-bond donors (Lipinski definition) is 2. The van der Waals surface area contributed by atoms with Gasteiger partial charge in [0.15, 0.2) is 0 Å². The first kappa shape index (κ1) is 8.53. The van der Waals surface area contributed by atoms with E-state index in [0.29, 0.717) is 12.0 Å². The van der Waals surface area contributed by atoms with Gasteiger partial charge in [-0.25, -0.2) is 0 Å². The number of hydrogen-bond acceptors (Lipinski definition) is 3. The van der Waals surface area contributed by atoms with Gasteiger partial charge in [0.1, 0.15) is 5.82 Å². The molecule has 0 amide bonds. The van der Waals surface area contributed by atoms with E-state index in [4.69, 9.17) is 0 Å². The van der Waals surface area contributed by atoms with Crippen LogP contribution < -0.4 is 5.32 Å². The van der Waals surface area contributed by atoms with E-state index >= 15 is 0 Å². The van der Waals surface area contributed by atoms with Crippen LogP contribution in [0.1, 0.15) is 44.9 Å². The highest BCUT2D eigenvalue weighted by molar-refractivity contribution is 5.25. The highest BCUT2D eigenvalue weighted by Gasteiger charge is 2.27. The zero-order valence-electron chi connectivity index (χ0n) is 8.17. The Morgan fingerprint density at radius 3 is 3.00 bits per heavy atom. The third kappa shape index (κ3) is 1.99. The van der Waals surface area contributed by atoms with Crippen LogP contribution in [0.2, 0.25) is 0 Å². The summed E-state index contributed by atoms with van der Waals surface area (Å²) in [5, 5.41) is 10.3. The van der Waals surface area contributed by atoms with E-state index < -0.39 is 0 Å². The van der Waals surface area contributed by atoms with Gasteiger partial charge in [0.05, 0.1) is 0 Å². The second-order valence-corrected chi connectivity index (χ2v) is 3.77. The van der Waals surface area contributed by atoms with Gasteiger partial charge in [0, 0.05) is 12.0 Å². The highest BCUT2D eigenvalue weighted by atomic mass is 15.3. The fourth-order valence-corrected chi connectivity index (χ4v) is 1.20. The molecule has 4 nitrogen and oxygen atoms in total. The van der Waals surface area contributed by atoms with Crippen molar-refractivity contribution < 1.29 is 0 Å². The molecule has 0 aromatic carbocycles. The SMILES string of the molecule is CCC(C)Nc1n[nH]c(C2CC2)n1. The molecule has 1 heterocycles. The van der Waals surface area contributed by atoms with E-state index in [1.807, 2.05) is 0 Å². The molecule has 0 aliphatic heterocycles. The Bertz CT molecular complexity index is 277. The quantitative estimate of drug-likeness (QED) is 0.744. The molecule has 0 spiro atoms. The van der Waals surface area contributed by atoms with Crippen LogP contribution in [0.3, 0.4) is 0 Å². The largest absolute Gasteiger partial charge is 0.350 e. The summed E-state index contributed by atoms with van der Waals surface area (Å²) in [6, 6.07) is 0.447. The Morgan fingerprint density at radius 1 is 1.62 bits per heavy atom. The van der Waals surface area contributed by atoms with Crippen LogP contribution in [0.4, 0.5) is 5.95 Å². The molecule has 1 unspecified atom stereocenters. The van der Waals surface area contributed by atoms with Gasteiger partial charge < -0.3 is 5.32 Å². The lowest BCUT2D eigenvalue weighted by molar-refractivity contribution is 0.753. The fourth-order valence-electron chi connectivity index (χ4n) is 1.20. The summed E-state index contributed by atoms with van der Waals surface area (Å²) in [7, 11) is 0. The van der Waals surface area contributed by atoms with Crippen LogP contribution in [0.15, 0.2) is 0 Å². The molecule has 0 bridgehead atoms. The van der Waals surface area contributed by atoms with Crippen molar-refractivity contribution in [3.05, 3.63) is 5.82 Å². The molecule has 0 saturated heterocycles. The van der Waals surface area contributed by atoms with E-state index in [0.717, 1.165) is 18.2 Å². The number of nitrogens with zero attached hydrogens (tertiary/aromatic N) is 2. The number of H-pyrrole nitrogens is 1. The smallest absolute Gasteiger partial charge is 0.242 e. The summed E-state index contributed by atoms with van der Waals surface area (Å²) in [5.41, 5.74) is 0. The van der Waals surface area contributed by atoms with Crippen LogP contribution in [-0.4, -0.2) is 21.2 Å². The third-order valence-corrected chi connectivity index (χ3v) is 2.45. The molecule has 1 atom stereocenters. The van der Waals surface area contributed by atoms with Crippen LogP contribution in [0, 0.1) is 0 Å². The Morgan fingerprint density at radius 2 is 2.38 bits per heavy atom. The summed E-state index contributed by atoms with van der Waals surface area (Å²) in [4.78, 5) is 4.38. The second-order valence-electron chi connectivity index (χ2n) is 3.77. The minimum atomic E-state index is 0.447. The molecule has 1 aromatic rings. The Kier molecular flexibility index (Phi) is 2.20. The Balaban J connectivity index is 1.96. The van der Waals surface area contributed by atoms with Crippen molar-refractivity contribution in [2.75, 3.05) is 5.32 Å². The number of nitrogens with one attached hydrogen (secondary N) is 2. The first-order valence-corrected chi connectivity index (χ1v) is 4.98. The van der Waals surface area contributed by atoms with E-state index in [9.17, 15) is 0 Å². The predicted octanol–water partition coefficient (Wildman–Crippen LogP) is 1.89.